The molecule has 0 bridgehead atoms. The van der Waals surface area contributed by atoms with E-state index in [-0.39, 0.29) is 0 Å². The predicted molar refractivity (Wildman–Crippen MR) is 85.3 cm³/mol. The molecule has 1 N–H and O–H groups in total. The number of nitrogens with zero attached hydrogens (tertiary/aromatic N) is 3. The van der Waals surface area contributed by atoms with Crippen molar-refractivity contribution in [3.63, 3.8) is 0 Å². The summed E-state index contributed by atoms with van der Waals surface area (Å²) in [5.41, 5.74) is 2.67. The quantitative estimate of drug-likeness (QED) is 0.935. The molecule has 1 atom stereocenters. The molecule has 1 saturated heterocycles. The number of nitrogens with one attached hydrogen (secondary N) is 1. The fourth-order valence-electron chi connectivity index (χ4n) is 2.90. The molecule has 21 heavy (non-hydrogen) atoms. The van der Waals surface area contributed by atoms with E-state index >= 15 is 0 Å². The number of hydrogen-bond donors (Lipinski definition) is 1. The van der Waals surface area contributed by atoms with Gasteiger partial charge in [0.25, 0.3) is 0 Å². The van der Waals surface area contributed by atoms with Crippen molar-refractivity contribution in [1.29, 1.82) is 0 Å². The van der Waals surface area contributed by atoms with Gasteiger partial charge >= 0.3 is 0 Å². The molecule has 1 fully saturated rings. The zero-order valence-electron chi connectivity index (χ0n) is 12.5. The highest BCUT2D eigenvalue weighted by Gasteiger charge is 2.20. The van der Waals surface area contributed by atoms with Crippen LogP contribution in [0.15, 0.2) is 42.6 Å². The van der Waals surface area contributed by atoms with Crippen LogP contribution in [-0.4, -0.2) is 29.3 Å². The Kier molecular flexibility index (Phi) is 4.46. The summed E-state index contributed by atoms with van der Waals surface area (Å²) in [7, 11) is 0. The second-order valence-electron chi connectivity index (χ2n) is 5.74. The minimum absolute atomic E-state index is 0.515. The molecule has 1 aromatic carbocycles. The zero-order chi connectivity index (χ0) is 14.5. The second kappa shape index (κ2) is 6.68. The normalized spacial score (nSPS) is 18.7. The average Bonchev–Trinajstić information content (AvgIpc) is 2.54. The van der Waals surface area contributed by atoms with Gasteiger partial charge in [0, 0.05) is 31.9 Å². The molecular formula is C17H22N4. The topological polar surface area (TPSA) is 41.0 Å². The summed E-state index contributed by atoms with van der Waals surface area (Å²) in [4.78, 5) is 2.32. The number of hydrogen-bond acceptors (Lipinski definition) is 4. The Morgan fingerprint density at radius 1 is 1.29 bits per heavy atom. The summed E-state index contributed by atoms with van der Waals surface area (Å²) in [5.74, 6) is 0.986. The second-order valence-corrected chi connectivity index (χ2v) is 5.74. The summed E-state index contributed by atoms with van der Waals surface area (Å²) in [5, 5.41) is 11.9. The summed E-state index contributed by atoms with van der Waals surface area (Å²) in [6.45, 7) is 5.15. The molecule has 0 aliphatic carbocycles. The van der Waals surface area contributed by atoms with Crippen LogP contribution in [0.5, 0.6) is 0 Å². The Hall–Kier alpha value is -1.94. The first-order chi connectivity index (χ1) is 10.3. The lowest BCUT2D eigenvalue weighted by atomic mass is 10.0. The molecule has 2 heterocycles. The van der Waals surface area contributed by atoms with E-state index in [0.717, 1.165) is 25.5 Å². The van der Waals surface area contributed by atoms with Gasteiger partial charge in [0.1, 0.15) is 0 Å². The van der Waals surface area contributed by atoms with Crippen LogP contribution in [0, 0.1) is 6.92 Å². The third-order valence-electron chi connectivity index (χ3n) is 3.98. The van der Waals surface area contributed by atoms with Gasteiger partial charge in [-0.15, -0.1) is 5.10 Å². The van der Waals surface area contributed by atoms with Gasteiger partial charge in [-0.25, -0.2) is 0 Å². The van der Waals surface area contributed by atoms with Crippen LogP contribution in [0.2, 0.25) is 0 Å². The van der Waals surface area contributed by atoms with Gasteiger partial charge in [-0.1, -0.05) is 29.8 Å². The van der Waals surface area contributed by atoms with Crippen molar-refractivity contribution in [3.8, 4) is 0 Å². The molecule has 1 unspecified atom stereocenters. The molecule has 4 nitrogen and oxygen atoms in total. The number of benzene rings is 1. The lowest BCUT2D eigenvalue weighted by Gasteiger charge is -2.33. The summed E-state index contributed by atoms with van der Waals surface area (Å²) < 4.78 is 0. The highest BCUT2D eigenvalue weighted by atomic mass is 15.3. The van der Waals surface area contributed by atoms with Gasteiger partial charge in [0.15, 0.2) is 5.82 Å². The molecule has 0 amide bonds. The molecule has 0 saturated carbocycles. The van der Waals surface area contributed by atoms with Crippen molar-refractivity contribution in [3.05, 3.63) is 53.7 Å². The van der Waals surface area contributed by atoms with Crippen LogP contribution < -0.4 is 10.2 Å². The van der Waals surface area contributed by atoms with Crippen molar-refractivity contribution in [2.45, 2.75) is 32.4 Å². The highest BCUT2D eigenvalue weighted by Crippen LogP contribution is 2.17. The lowest BCUT2D eigenvalue weighted by Crippen LogP contribution is -2.45. The fraction of sp³-hybridized carbons (Fsp3) is 0.412. The van der Waals surface area contributed by atoms with E-state index in [2.05, 4.69) is 51.6 Å². The molecule has 110 valence electrons. The third kappa shape index (κ3) is 3.79. The van der Waals surface area contributed by atoms with Crippen molar-refractivity contribution >= 4 is 5.82 Å². The predicted octanol–water partition coefficient (Wildman–Crippen LogP) is 2.54. The van der Waals surface area contributed by atoms with Crippen LogP contribution in [-0.2, 0) is 6.54 Å². The maximum atomic E-state index is 4.21. The Bertz CT molecular complexity index is 570. The third-order valence-corrected chi connectivity index (χ3v) is 3.98. The number of rotatable bonds is 4. The van der Waals surface area contributed by atoms with Gasteiger partial charge in [0.05, 0.1) is 0 Å². The van der Waals surface area contributed by atoms with Crippen molar-refractivity contribution in [2.24, 2.45) is 0 Å². The van der Waals surface area contributed by atoms with E-state index in [1.807, 2.05) is 12.1 Å². The van der Waals surface area contributed by atoms with Crippen LogP contribution in [0.1, 0.15) is 24.0 Å². The van der Waals surface area contributed by atoms with Crippen molar-refractivity contribution < 1.29 is 0 Å². The van der Waals surface area contributed by atoms with Gasteiger partial charge in [-0.2, -0.15) is 5.10 Å². The van der Waals surface area contributed by atoms with E-state index in [1.165, 1.54) is 24.0 Å². The first-order valence-electron chi connectivity index (χ1n) is 7.63. The molecular weight excluding hydrogens is 260 g/mol. The minimum atomic E-state index is 0.515. The minimum Gasteiger partial charge on any atom is -0.354 e. The van der Waals surface area contributed by atoms with Gasteiger partial charge in [-0.05, 0) is 37.5 Å². The molecule has 1 aromatic heterocycles. The Labute approximate surface area is 126 Å². The van der Waals surface area contributed by atoms with Crippen LogP contribution in [0.25, 0.3) is 0 Å². The first-order valence-corrected chi connectivity index (χ1v) is 7.63. The molecule has 0 radical (unpaired) electrons. The Balaban J connectivity index is 1.57. The van der Waals surface area contributed by atoms with Gasteiger partial charge < -0.3 is 10.2 Å². The van der Waals surface area contributed by atoms with E-state index in [0.29, 0.717) is 6.04 Å². The van der Waals surface area contributed by atoms with Crippen LogP contribution >= 0.6 is 0 Å². The van der Waals surface area contributed by atoms with Crippen LogP contribution in [0.3, 0.4) is 0 Å². The summed E-state index contributed by atoms with van der Waals surface area (Å²) in [6.07, 6.45) is 4.14. The number of piperidine rings is 1. The molecule has 1 aliphatic rings. The van der Waals surface area contributed by atoms with E-state index in [4.69, 9.17) is 0 Å². The molecule has 1 aliphatic heterocycles. The molecule has 4 heteroatoms. The van der Waals surface area contributed by atoms with E-state index in [9.17, 15) is 0 Å². The Morgan fingerprint density at radius 2 is 2.24 bits per heavy atom. The maximum Gasteiger partial charge on any atom is 0.151 e. The maximum absolute atomic E-state index is 4.21. The van der Waals surface area contributed by atoms with E-state index in [1.54, 1.807) is 6.20 Å². The van der Waals surface area contributed by atoms with Crippen LogP contribution in [0.4, 0.5) is 5.82 Å². The summed E-state index contributed by atoms with van der Waals surface area (Å²) >= 11 is 0. The van der Waals surface area contributed by atoms with Gasteiger partial charge in [0.2, 0.25) is 0 Å². The highest BCUT2D eigenvalue weighted by molar-refractivity contribution is 5.37. The smallest absolute Gasteiger partial charge is 0.151 e. The van der Waals surface area contributed by atoms with E-state index < -0.39 is 0 Å². The largest absolute Gasteiger partial charge is 0.354 e. The standard InChI is InChI=1S/C17H22N4/c1-14-5-2-6-15(11-14)12-18-16-7-4-10-21(13-16)17-8-3-9-19-20-17/h2-3,5-6,8-9,11,16,18H,4,7,10,12-13H2,1H3. The fourth-order valence-corrected chi connectivity index (χ4v) is 2.90. The Morgan fingerprint density at radius 3 is 3.05 bits per heavy atom. The van der Waals surface area contributed by atoms with Crippen molar-refractivity contribution in [2.75, 3.05) is 18.0 Å². The number of anilines is 1. The van der Waals surface area contributed by atoms with Gasteiger partial charge in [-0.3, -0.25) is 0 Å². The lowest BCUT2D eigenvalue weighted by molar-refractivity contribution is 0.419. The first kappa shape index (κ1) is 14.0. The summed E-state index contributed by atoms with van der Waals surface area (Å²) in [6, 6.07) is 13.2. The number of aromatic nitrogens is 2. The molecule has 2 aromatic rings. The molecule has 3 rings (SSSR count). The SMILES string of the molecule is Cc1cccc(CNC2CCCN(c3cccnn3)C2)c1. The molecule has 0 spiro atoms. The number of aryl methyl sites for hydroxylation is 1. The zero-order valence-corrected chi connectivity index (χ0v) is 12.5. The monoisotopic (exact) mass is 282 g/mol. The average molecular weight is 282 g/mol. The van der Waals surface area contributed by atoms with Crippen molar-refractivity contribution in [1.82, 2.24) is 15.5 Å².